The van der Waals surface area contributed by atoms with Crippen molar-refractivity contribution in [3.05, 3.63) is 29.3 Å². The van der Waals surface area contributed by atoms with E-state index in [1.807, 2.05) is 20.8 Å². The maximum Gasteiger partial charge on any atom is 0.397 e. The lowest BCUT2D eigenvalue weighted by Gasteiger charge is -2.11. The third kappa shape index (κ3) is 6.40. The van der Waals surface area contributed by atoms with Crippen molar-refractivity contribution < 1.29 is 23.9 Å². The van der Waals surface area contributed by atoms with Gasteiger partial charge < -0.3 is 14.8 Å². The Balaban J connectivity index is 2.78. The first-order valence-electron chi connectivity index (χ1n) is 8.25. The largest absolute Gasteiger partial charge is 0.462 e. The van der Waals surface area contributed by atoms with Crippen LogP contribution in [0.25, 0.3) is 0 Å². The van der Waals surface area contributed by atoms with E-state index in [2.05, 4.69) is 5.32 Å². The standard InChI is InChI=1S/C18H25NO5/c1-4-6-10-23-17(21)14-12-13(3)8-9-15(14)19-16(20)18(22)24-11-7-5-2/h8-9,12H,4-7,10-11H2,1-3H3,(H,19,20). The minimum Gasteiger partial charge on any atom is -0.462 e. The predicted octanol–water partition coefficient (Wildman–Crippen LogP) is 3.23. The summed E-state index contributed by atoms with van der Waals surface area (Å²) in [6, 6.07) is 4.93. The molecule has 0 spiro atoms. The summed E-state index contributed by atoms with van der Waals surface area (Å²) in [5.74, 6) is -2.39. The van der Waals surface area contributed by atoms with E-state index in [0.717, 1.165) is 24.8 Å². The molecule has 24 heavy (non-hydrogen) atoms. The SMILES string of the molecule is CCCCOC(=O)C(=O)Nc1ccc(C)cc1C(=O)OCCCC. The van der Waals surface area contributed by atoms with Crippen LogP contribution in [0, 0.1) is 6.92 Å². The molecule has 0 fully saturated rings. The number of carbonyl (C=O) groups is 3. The van der Waals surface area contributed by atoms with Crippen LogP contribution >= 0.6 is 0 Å². The monoisotopic (exact) mass is 335 g/mol. The normalized spacial score (nSPS) is 10.1. The number of ether oxygens (including phenoxy) is 2. The molecule has 0 aliphatic heterocycles. The Morgan fingerprint density at radius 2 is 1.62 bits per heavy atom. The zero-order valence-electron chi connectivity index (χ0n) is 14.5. The molecular weight excluding hydrogens is 310 g/mol. The molecule has 1 aromatic carbocycles. The molecule has 0 saturated heterocycles. The van der Waals surface area contributed by atoms with Gasteiger partial charge >= 0.3 is 17.8 Å². The number of aryl methyl sites for hydroxylation is 1. The van der Waals surface area contributed by atoms with E-state index in [4.69, 9.17) is 9.47 Å². The predicted molar refractivity (Wildman–Crippen MR) is 90.9 cm³/mol. The lowest BCUT2D eigenvalue weighted by atomic mass is 10.1. The lowest BCUT2D eigenvalue weighted by Crippen LogP contribution is -2.26. The van der Waals surface area contributed by atoms with Crippen LogP contribution in [-0.4, -0.2) is 31.1 Å². The van der Waals surface area contributed by atoms with Gasteiger partial charge in [-0.15, -0.1) is 0 Å². The number of benzene rings is 1. The fraction of sp³-hybridized carbons (Fsp3) is 0.500. The van der Waals surface area contributed by atoms with Gasteiger partial charge in [0, 0.05) is 0 Å². The van der Waals surface area contributed by atoms with Crippen LogP contribution in [0.15, 0.2) is 18.2 Å². The first-order chi connectivity index (χ1) is 11.5. The molecule has 0 bridgehead atoms. The summed E-state index contributed by atoms with van der Waals surface area (Å²) in [5, 5.41) is 2.42. The highest BCUT2D eigenvalue weighted by Gasteiger charge is 2.20. The highest BCUT2D eigenvalue weighted by atomic mass is 16.5. The minimum absolute atomic E-state index is 0.197. The number of hydrogen-bond acceptors (Lipinski definition) is 5. The van der Waals surface area contributed by atoms with Gasteiger partial charge in [-0.1, -0.05) is 38.3 Å². The third-order valence-corrected chi connectivity index (χ3v) is 3.29. The van der Waals surface area contributed by atoms with Gasteiger partial charge in [0.25, 0.3) is 0 Å². The number of esters is 2. The zero-order valence-corrected chi connectivity index (χ0v) is 14.5. The van der Waals surface area contributed by atoms with Crippen molar-refractivity contribution >= 4 is 23.5 Å². The number of carbonyl (C=O) groups excluding carboxylic acids is 3. The molecule has 0 radical (unpaired) electrons. The Hall–Kier alpha value is -2.37. The van der Waals surface area contributed by atoms with Gasteiger partial charge in [0.15, 0.2) is 0 Å². The van der Waals surface area contributed by atoms with Gasteiger partial charge in [-0.2, -0.15) is 0 Å². The summed E-state index contributed by atoms with van der Waals surface area (Å²) < 4.78 is 10.0. The molecule has 1 amide bonds. The molecule has 1 N–H and O–H groups in total. The van der Waals surface area contributed by atoms with Gasteiger partial charge in [-0.3, -0.25) is 4.79 Å². The highest BCUT2D eigenvalue weighted by molar-refractivity contribution is 6.37. The molecule has 0 aromatic heterocycles. The van der Waals surface area contributed by atoms with E-state index in [9.17, 15) is 14.4 Å². The van der Waals surface area contributed by atoms with E-state index in [-0.39, 0.29) is 17.9 Å². The van der Waals surface area contributed by atoms with Crippen molar-refractivity contribution in [3.8, 4) is 0 Å². The molecule has 0 unspecified atom stereocenters. The highest BCUT2D eigenvalue weighted by Crippen LogP contribution is 2.19. The molecule has 6 heteroatoms. The first kappa shape index (κ1) is 19.7. The Bertz CT molecular complexity index is 583. The summed E-state index contributed by atoms with van der Waals surface area (Å²) in [4.78, 5) is 35.7. The Morgan fingerprint density at radius 1 is 1.00 bits per heavy atom. The van der Waals surface area contributed by atoms with Crippen molar-refractivity contribution in [1.29, 1.82) is 0 Å². The number of nitrogens with one attached hydrogen (secondary N) is 1. The topological polar surface area (TPSA) is 81.7 Å². The van der Waals surface area contributed by atoms with E-state index in [1.54, 1.807) is 18.2 Å². The van der Waals surface area contributed by atoms with Crippen molar-refractivity contribution in [1.82, 2.24) is 0 Å². The third-order valence-electron chi connectivity index (χ3n) is 3.29. The Kier molecular flexibility index (Phi) is 8.54. The molecule has 132 valence electrons. The summed E-state index contributed by atoms with van der Waals surface area (Å²) in [5.41, 5.74) is 1.31. The second-order valence-electron chi connectivity index (χ2n) is 5.48. The van der Waals surface area contributed by atoms with Crippen molar-refractivity contribution in [2.24, 2.45) is 0 Å². The van der Waals surface area contributed by atoms with Crippen LogP contribution < -0.4 is 5.32 Å². The van der Waals surface area contributed by atoms with E-state index < -0.39 is 17.8 Å². The van der Waals surface area contributed by atoms with Crippen LogP contribution in [0.3, 0.4) is 0 Å². The van der Waals surface area contributed by atoms with E-state index in [1.165, 1.54) is 0 Å². The van der Waals surface area contributed by atoms with Gasteiger partial charge in [0.2, 0.25) is 0 Å². The molecular formula is C18H25NO5. The average Bonchev–Trinajstić information content (AvgIpc) is 2.56. The second-order valence-corrected chi connectivity index (χ2v) is 5.48. The average molecular weight is 335 g/mol. The molecule has 6 nitrogen and oxygen atoms in total. The first-order valence-corrected chi connectivity index (χ1v) is 8.25. The van der Waals surface area contributed by atoms with Crippen molar-refractivity contribution in [2.45, 2.75) is 46.5 Å². The molecule has 0 aliphatic rings. The van der Waals surface area contributed by atoms with Crippen LogP contribution in [0.4, 0.5) is 5.69 Å². The Morgan fingerprint density at radius 3 is 2.25 bits per heavy atom. The summed E-state index contributed by atoms with van der Waals surface area (Å²) in [6.07, 6.45) is 3.23. The van der Waals surface area contributed by atoms with E-state index in [0.29, 0.717) is 13.0 Å². The maximum absolute atomic E-state index is 12.2. The smallest absolute Gasteiger partial charge is 0.397 e. The molecule has 0 heterocycles. The summed E-state index contributed by atoms with van der Waals surface area (Å²) in [6.45, 7) is 6.29. The molecule has 1 aromatic rings. The molecule has 0 atom stereocenters. The van der Waals surface area contributed by atoms with E-state index >= 15 is 0 Å². The fourth-order valence-corrected chi connectivity index (χ4v) is 1.87. The van der Waals surface area contributed by atoms with Gasteiger partial charge in [0.1, 0.15) is 0 Å². The molecule has 0 aliphatic carbocycles. The number of unbranched alkanes of at least 4 members (excludes halogenated alkanes) is 2. The number of amides is 1. The van der Waals surface area contributed by atoms with Crippen molar-refractivity contribution in [2.75, 3.05) is 18.5 Å². The lowest BCUT2D eigenvalue weighted by molar-refractivity contribution is -0.152. The molecule has 0 saturated carbocycles. The fourth-order valence-electron chi connectivity index (χ4n) is 1.87. The van der Waals surface area contributed by atoms with Gasteiger partial charge in [0.05, 0.1) is 24.5 Å². The second kappa shape index (κ2) is 10.4. The number of rotatable bonds is 8. The quantitative estimate of drug-likeness (QED) is 0.448. The van der Waals surface area contributed by atoms with Crippen LogP contribution in [0.5, 0.6) is 0 Å². The van der Waals surface area contributed by atoms with Crippen LogP contribution in [0.1, 0.15) is 55.5 Å². The summed E-state index contributed by atoms with van der Waals surface area (Å²) >= 11 is 0. The van der Waals surface area contributed by atoms with Gasteiger partial charge in [-0.25, -0.2) is 9.59 Å². The van der Waals surface area contributed by atoms with Crippen molar-refractivity contribution in [3.63, 3.8) is 0 Å². The minimum atomic E-state index is -0.964. The molecule has 1 rings (SSSR count). The van der Waals surface area contributed by atoms with Crippen LogP contribution in [-0.2, 0) is 19.1 Å². The zero-order chi connectivity index (χ0) is 17.9. The Labute approximate surface area is 142 Å². The number of hydrogen-bond donors (Lipinski definition) is 1. The maximum atomic E-state index is 12.2. The summed E-state index contributed by atoms with van der Waals surface area (Å²) in [7, 11) is 0. The number of anilines is 1. The van der Waals surface area contributed by atoms with Crippen LogP contribution in [0.2, 0.25) is 0 Å². The van der Waals surface area contributed by atoms with Gasteiger partial charge in [-0.05, 0) is 31.9 Å².